The van der Waals surface area contributed by atoms with E-state index >= 15 is 0 Å². The number of hydrogen-bond donors (Lipinski definition) is 0. The standard InChI is InChI=1S/C14H14N/c1-2-6-13(7-3-1)8-4-9-14-10-5-11-15-12-14/h1-3,5-7,9-12H,4,8H2. The van der Waals surface area contributed by atoms with E-state index in [0.717, 1.165) is 12.8 Å². The van der Waals surface area contributed by atoms with Gasteiger partial charge in [-0.05, 0) is 36.5 Å². The monoisotopic (exact) mass is 196 g/mol. The summed E-state index contributed by atoms with van der Waals surface area (Å²) in [5.41, 5.74) is 2.59. The Kier molecular flexibility index (Phi) is 3.50. The zero-order valence-corrected chi connectivity index (χ0v) is 8.63. The molecule has 0 aliphatic heterocycles. The highest BCUT2D eigenvalue weighted by molar-refractivity contribution is 5.20. The molecular weight excluding hydrogens is 182 g/mol. The molecule has 1 aromatic carbocycles. The largest absolute Gasteiger partial charge is 0.264 e. The lowest BCUT2D eigenvalue weighted by Crippen LogP contribution is -1.87. The van der Waals surface area contributed by atoms with Crippen LogP contribution in [0, 0.1) is 6.42 Å². The summed E-state index contributed by atoms with van der Waals surface area (Å²) in [6, 6.07) is 14.6. The molecule has 0 atom stereocenters. The highest BCUT2D eigenvalue weighted by Crippen LogP contribution is 2.08. The van der Waals surface area contributed by atoms with Gasteiger partial charge in [-0.3, -0.25) is 4.98 Å². The van der Waals surface area contributed by atoms with Crippen LogP contribution >= 0.6 is 0 Å². The summed E-state index contributed by atoms with van der Waals surface area (Å²) in [7, 11) is 0. The van der Waals surface area contributed by atoms with Crippen LogP contribution in [0.1, 0.15) is 17.5 Å². The first-order valence-electron chi connectivity index (χ1n) is 5.22. The second-order valence-electron chi connectivity index (χ2n) is 3.51. The Bertz CT molecular complexity index is 341. The number of benzene rings is 1. The molecule has 0 unspecified atom stereocenters. The lowest BCUT2D eigenvalue weighted by molar-refractivity contribution is 0.948. The van der Waals surface area contributed by atoms with Crippen LogP contribution in [0.4, 0.5) is 0 Å². The smallest absolute Gasteiger partial charge is 0.0302 e. The third-order valence-corrected chi connectivity index (χ3v) is 2.34. The van der Waals surface area contributed by atoms with E-state index in [2.05, 4.69) is 41.7 Å². The third-order valence-electron chi connectivity index (χ3n) is 2.34. The molecule has 0 saturated carbocycles. The Hall–Kier alpha value is -1.63. The SMILES string of the molecule is [CH](CCc1ccccc1)c1cccnc1. The first kappa shape index (κ1) is 9.91. The van der Waals surface area contributed by atoms with Gasteiger partial charge < -0.3 is 0 Å². The maximum absolute atomic E-state index is 4.08. The van der Waals surface area contributed by atoms with Crippen LogP contribution in [0.2, 0.25) is 0 Å². The number of rotatable bonds is 4. The van der Waals surface area contributed by atoms with Crippen LogP contribution in [0.15, 0.2) is 54.9 Å². The molecule has 75 valence electrons. The lowest BCUT2D eigenvalue weighted by atomic mass is 10.1. The number of aromatic nitrogens is 1. The van der Waals surface area contributed by atoms with Gasteiger partial charge in [-0.15, -0.1) is 0 Å². The Morgan fingerprint density at radius 3 is 2.60 bits per heavy atom. The predicted molar refractivity (Wildman–Crippen MR) is 62.4 cm³/mol. The maximum atomic E-state index is 4.08. The van der Waals surface area contributed by atoms with Gasteiger partial charge in [0.05, 0.1) is 0 Å². The van der Waals surface area contributed by atoms with Crippen molar-refractivity contribution < 1.29 is 0 Å². The first-order chi connectivity index (χ1) is 7.45. The second-order valence-corrected chi connectivity index (χ2v) is 3.51. The molecule has 0 spiro atoms. The molecule has 2 rings (SSSR count). The van der Waals surface area contributed by atoms with Gasteiger partial charge in [0.2, 0.25) is 0 Å². The molecule has 0 aliphatic rings. The molecule has 15 heavy (non-hydrogen) atoms. The number of nitrogens with zero attached hydrogens (tertiary/aromatic N) is 1. The van der Waals surface area contributed by atoms with Crippen LogP contribution < -0.4 is 0 Å². The zero-order chi connectivity index (χ0) is 10.3. The molecule has 0 fully saturated rings. The van der Waals surface area contributed by atoms with Gasteiger partial charge in [-0.25, -0.2) is 0 Å². The normalized spacial score (nSPS) is 10.1. The van der Waals surface area contributed by atoms with Gasteiger partial charge in [0.15, 0.2) is 0 Å². The number of aryl methyl sites for hydroxylation is 1. The lowest BCUT2D eigenvalue weighted by Gasteiger charge is -2.00. The first-order valence-corrected chi connectivity index (χ1v) is 5.22. The molecule has 0 N–H and O–H groups in total. The van der Waals surface area contributed by atoms with Gasteiger partial charge in [-0.2, -0.15) is 0 Å². The van der Waals surface area contributed by atoms with Gasteiger partial charge >= 0.3 is 0 Å². The Balaban J connectivity index is 1.81. The Morgan fingerprint density at radius 2 is 1.87 bits per heavy atom. The van der Waals surface area contributed by atoms with Crippen LogP contribution in [-0.2, 0) is 6.42 Å². The maximum Gasteiger partial charge on any atom is 0.0302 e. The summed E-state index contributed by atoms with van der Waals surface area (Å²) in [5.74, 6) is 0. The highest BCUT2D eigenvalue weighted by Gasteiger charge is 1.94. The van der Waals surface area contributed by atoms with Gasteiger partial charge in [0.25, 0.3) is 0 Å². The summed E-state index contributed by atoms with van der Waals surface area (Å²) in [6.07, 6.45) is 8.07. The minimum absolute atomic E-state index is 1.07. The fraction of sp³-hybridized carbons (Fsp3) is 0.143. The van der Waals surface area contributed by atoms with Crippen LogP contribution in [0.3, 0.4) is 0 Å². The number of pyridine rings is 1. The molecule has 0 aliphatic carbocycles. The summed E-state index contributed by atoms with van der Waals surface area (Å²) < 4.78 is 0. The van der Waals surface area contributed by atoms with Crippen LogP contribution in [-0.4, -0.2) is 4.98 Å². The molecule has 1 heterocycles. The van der Waals surface area contributed by atoms with Gasteiger partial charge in [0.1, 0.15) is 0 Å². The summed E-state index contributed by atoms with van der Waals surface area (Å²) >= 11 is 0. The molecule has 1 radical (unpaired) electrons. The zero-order valence-electron chi connectivity index (χ0n) is 8.63. The van der Waals surface area contributed by atoms with E-state index in [0.29, 0.717) is 0 Å². The van der Waals surface area contributed by atoms with Crippen molar-refractivity contribution in [1.29, 1.82) is 0 Å². The molecule has 0 saturated heterocycles. The molecule has 1 heteroatoms. The Labute approximate surface area is 90.8 Å². The summed E-state index contributed by atoms with van der Waals surface area (Å²) in [4.78, 5) is 4.08. The van der Waals surface area contributed by atoms with E-state index in [4.69, 9.17) is 0 Å². The van der Waals surface area contributed by atoms with E-state index in [1.807, 2.05) is 18.3 Å². The fourth-order valence-corrected chi connectivity index (χ4v) is 1.55. The minimum atomic E-state index is 1.07. The molecule has 1 nitrogen and oxygen atoms in total. The highest BCUT2D eigenvalue weighted by atomic mass is 14.6. The Morgan fingerprint density at radius 1 is 1.00 bits per heavy atom. The van der Waals surface area contributed by atoms with Crippen LogP contribution in [0.25, 0.3) is 0 Å². The average molecular weight is 196 g/mol. The second kappa shape index (κ2) is 5.30. The van der Waals surface area contributed by atoms with Crippen molar-refractivity contribution >= 4 is 0 Å². The third kappa shape index (κ3) is 3.21. The topological polar surface area (TPSA) is 12.9 Å². The van der Waals surface area contributed by atoms with Crippen molar-refractivity contribution in [1.82, 2.24) is 4.98 Å². The van der Waals surface area contributed by atoms with Crippen molar-refractivity contribution in [2.24, 2.45) is 0 Å². The van der Waals surface area contributed by atoms with E-state index in [1.165, 1.54) is 11.1 Å². The van der Waals surface area contributed by atoms with Gasteiger partial charge in [0, 0.05) is 12.4 Å². The minimum Gasteiger partial charge on any atom is -0.264 e. The van der Waals surface area contributed by atoms with Crippen LogP contribution in [0.5, 0.6) is 0 Å². The fourth-order valence-electron chi connectivity index (χ4n) is 1.55. The van der Waals surface area contributed by atoms with Crippen molar-refractivity contribution in [2.45, 2.75) is 12.8 Å². The quantitative estimate of drug-likeness (QED) is 0.731. The average Bonchev–Trinajstić information content (AvgIpc) is 2.32. The predicted octanol–water partition coefficient (Wildman–Crippen LogP) is 3.27. The van der Waals surface area contributed by atoms with Crippen molar-refractivity contribution in [3.8, 4) is 0 Å². The van der Waals surface area contributed by atoms with E-state index in [-0.39, 0.29) is 0 Å². The molecule has 1 aromatic heterocycles. The van der Waals surface area contributed by atoms with E-state index < -0.39 is 0 Å². The molecule has 0 bridgehead atoms. The number of hydrogen-bond acceptors (Lipinski definition) is 1. The van der Waals surface area contributed by atoms with Gasteiger partial charge in [-0.1, -0.05) is 36.4 Å². The van der Waals surface area contributed by atoms with Crippen molar-refractivity contribution in [3.63, 3.8) is 0 Å². The summed E-state index contributed by atoms with van der Waals surface area (Å²) in [6.45, 7) is 0. The summed E-state index contributed by atoms with van der Waals surface area (Å²) in [5, 5.41) is 0. The molecule has 0 amide bonds. The van der Waals surface area contributed by atoms with E-state index in [9.17, 15) is 0 Å². The molecular formula is C14H14N. The van der Waals surface area contributed by atoms with Crippen molar-refractivity contribution in [3.05, 3.63) is 72.4 Å². The van der Waals surface area contributed by atoms with E-state index in [1.54, 1.807) is 6.20 Å². The molecule has 2 aromatic rings. The van der Waals surface area contributed by atoms with Crippen molar-refractivity contribution in [2.75, 3.05) is 0 Å².